The first-order valence-corrected chi connectivity index (χ1v) is 13.6. The van der Waals surface area contributed by atoms with Crippen molar-refractivity contribution in [3.63, 3.8) is 0 Å². The molecular formula is C36H34N2O6. The Morgan fingerprint density at radius 1 is 0.591 bits per heavy atom. The number of fused-ring (bicyclic) bond motifs is 2. The van der Waals surface area contributed by atoms with Crippen LogP contribution in [0.2, 0.25) is 0 Å². The second-order valence-electron chi connectivity index (χ2n) is 9.66. The summed E-state index contributed by atoms with van der Waals surface area (Å²) in [7, 11) is 0. The Morgan fingerprint density at radius 3 is 1.18 bits per heavy atom. The van der Waals surface area contributed by atoms with Gasteiger partial charge in [0, 0.05) is 0 Å². The Morgan fingerprint density at radius 2 is 0.909 bits per heavy atom. The second-order valence-corrected chi connectivity index (χ2v) is 9.66. The van der Waals surface area contributed by atoms with Crippen LogP contribution in [-0.4, -0.2) is 32.1 Å². The molecule has 224 valence electrons. The van der Waals surface area contributed by atoms with Gasteiger partial charge in [-0.15, -0.1) is 0 Å². The molecule has 0 spiro atoms. The van der Waals surface area contributed by atoms with E-state index in [1.54, 1.807) is 72.8 Å². The van der Waals surface area contributed by atoms with Crippen LogP contribution in [0, 0.1) is 27.7 Å². The van der Waals surface area contributed by atoms with E-state index in [1.165, 1.54) is 22.3 Å². The first-order chi connectivity index (χ1) is 21.0. The van der Waals surface area contributed by atoms with Gasteiger partial charge in [-0.25, -0.2) is 19.6 Å². The lowest BCUT2D eigenvalue weighted by Crippen LogP contribution is -1.93. The van der Waals surface area contributed by atoms with Crippen molar-refractivity contribution >= 4 is 46.3 Å². The van der Waals surface area contributed by atoms with Crippen LogP contribution in [0.4, 0.5) is 0 Å². The van der Waals surface area contributed by atoms with E-state index in [-0.39, 0.29) is 0 Å². The monoisotopic (exact) mass is 590 g/mol. The zero-order chi connectivity index (χ0) is 32.2. The molecule has 2 heterocycles. The fourth-order valence-corrected chi connectivity index (χ4v) is 3.73. The third kappa shape index (κ3) is 9.12. The Balaban J connectivity index is 0.000000163. The van der Waals surface area contributed by atoms with Gasteiger partial charge < -0.3 is 19.0 Å². The van der Waals surface area contributed by atoms with Gasteiger partial charge in [-0.2, -0.15) is 0 Å². The molecule has 0 amide bonds. The normalized spacial score (nSPS) is 9.91. The van der Waals surface area contributed by atoms with E-state index in [0.29, 0.717) is 22.9 Å². The Bertz CT molecular complexity index is 1670. The molecule has 0 unspecified atom stereocenters. The molecule has 2 N–H and O–H groups in total. The van der Waals surface area contributed by atoms with Gasteiger partial charge in [0.15, 0.2) is 11.2 Å². The number of aromatic carboxylic acids is 2. The zero-order valence-corrected chi connectivity index (χ0v) is 25.1. The van der Waals surface area contributed by atoms with Crippen LogP contribution < -0.4 is 0 Å². The first kappa shape index (κ1) is 32.8. The van der Waals surface area contributed by atoms with Gasteiger partial charge in [0.1, 0.15) is 11.0 Å². The first-order valence-electron chi connectivity index (χ1n) is 13.6. The number of aromatic nitrogens is 2. The number of benzene rings is 4. The highest BCUT2D eigenvalue weighted by Crippen LogP contribution is 2.21. The largest absolute Gasteiger partial charge is 0.478 e. The number of carbonyl (C=O) groups is 2. The predicted molar refractivity (Wildman–Crippen MR) is 174 cm³/mol. The molecule has 0 saturated heterocycles. The fourth-order valence-electron chi connectivity index (χ4n) is 3.73. The van der Waals surface area contributed by atoms with Crippen molar-refractivity contribution in [3.05, 3.63) is 143 Å². The van der Waals surface area contributed by atoms with Crippen molar-refractivity contribution in [1.82, 2.24) is 9.97 Å². The summed E-state index contributed by atoms with van der Waals surface area (Å²) in [6.07, 6.45) is 3.23. The van der Waals surface area contributed by atoms with Crippen molar-refractivity contribution in [2.24, 2.45) is 0 Å². The molecule has 4 aromatic carbocycles. The van der Waals surface area contributed by atoms with Crippen LogP contribution in [0.3, 0.4) is 0 Å². The highest BCUT2D eigenvalue weighted by molar-refractivity contribution is 5.87. The summed E-state index contributed by atoms with van der Waals surface area (Å²) >= 11 is 0. The molecule has 6 rings (SSSR count). The van der Waals surface area contributed by atoms with E-state index in [4.69, 9.17) is 19.0 Å². The van der Waals surface area contributed by atoms with Gasteiger partial charge in [0.2, 0.25) is 11.8 Å². The van der Waals surface area contributed by atoms with E-state index >= 15 is 0 Å². The van der Waals surface area contributed by atoms with Gasteiger partial charge in [-0.3, -0.25) is 0 Å². The summed E-state index contributed by atoms with van der Waals surface area (Å²) in [6, 6.07) is 24.7. The van der Waals surface area contributed by atoms with Crippen molar-refractivity contribution < 1.29 is 28.6 Å². The number of rotatable bonds is 4. The van der Waals surface area contributed by atoms with Crippen LogP contribution in [0.1, 0.15) is 54.8 Å². The maximum Gasteiger partial charge on any atom is 0.335 e. The summed E-state index contributed by atoms with van der Waals surface area (Å²) in [6.45, 7) is 15.5. The molecule has 0 bridgehead atoms. The Hall–Kier alpha value is -5.76. The lowest BCUT2D eigenvalue weighted by molar-refractivity contribution is 0.0686. The summed E-state index contributed by atoms with van der Waals surface area (Å²) in [5, 5.41) is 16.8. The Kier molecular flexibility index (Phi) is 11.5. The molecule has 0 aliphatic heterocycles. The number of aryl methyl sites for hydroxylation is 4. The summed E-state index contributed by atoms with van der Waals surface area (Å²) in [4.78, 5) is 28.9. The fraction of sp³-hybridized carbons (Fsp3) is 0.111. The molecule has 8 nitrogen and oxygen atoms in total. The van der Waals surface area contributed by atoms with Crippen LogP contribution in [-0.2, 0) is 0 Å². The van der Waals surface area contributed by atoms with Crippen LogP contribution in [0.25, 0.3) is 34.4 Å². The highest BCUT2D eigenvalue weighted by atomic mass is 16.4. The van der Waals surface area contributed by atoms with Gasteiger partial charge in [-0.05, 0) is 111 Å². The third-order valence-corrected chi connectivity index (χ3v) is 6.43. The molecule has 0 atom stereocenters. The molecule has 0 aliphatic carbocycles. The molecule has 0 radical (unpaired) electrons. The number of oxazole rings is 2. The number of carboxylic acid groups (broad SMARTS) is 2. The quantitative estimate of drug-likeness (QED) is 0.208. The van der Waals surface area contributed by atoms with E-state index in [9.17, 15) is 9.59 Å². The van der Waals surface area contributed by atoms with E-state index in [0.717, 1.165) is 22.2 Å². The van der Waals surface area contributed by atoms with Gasteiger partial charge >= 0.3 is 11.9 Å². The van der Waals surface area contributed by atoms with Crippen LogP contribution >= 0.6 is 0 Å². The summed E-state index contributed by atoms with van der Waals surface area (Å²) < 4.78 is 10.8. The minimum Gasteiger partial charge on any atom is -0.478 e. The molecule has 8 heteroatoms. The molecule has 44 heavy (non-hydrogen) atoms. The standard InChI is InChI=1S/2C11H11NO.2C7H6O2/c2*1-4-11-12-9-5-7(2)8(3)6-10(9)13-11;2*8-7(9)6-4-2-1-3-5-6/h2*4-6H,1H2,2-3H3;2*1-5H,(H,8,9). The molecule has 0 fully saturated rings. The average Bonchev–Trinajstić information content (AvgIpc) is 3.62. The van der Waals surface area contributed by atoms with Crippen molar-refractivity contribution in [3.8, 4) is 0 Å². The maximum atomic E-state index is 10.2. The topological polar surface area (TPSA) is 127 Å². The number of hydrogen-bond acceptors (Lipinski definition) is 6. The lowest BCUT2D eigenvalue weighted by atomic mass is 10.1. The lowest BCUT2D eigenvalue weighted by Gasteiger charge is -1.96. The van der Waals surface area contributed by atoms with Crippen molar-refractivity contribution in [2.45, 2.75) is 27.7 Å². The minimum absolute atomic E-state index is 0.331. The molecule has 0 aliphatic rings. The number of hydrogen-bond donors (Lipinski definition) is 2. The maximum absolute atomic E-state index is 10.2. The third-order valence-electron chi connectivity index (χ3n) is 6.43. The zero-order valence-electron chi connectivity index (χ0n) is 25.1. The van der Waals surface area contributed by atoms with E-state index < -0.39 is 11.9 Å². The number of carboxylic acids is 2. The Labute approximate surface area is 255 Å². The highest BCUT2D eigenvalue weighted by Gasteiger charge is 2.05. The van der Waals surface area contributed by atoms with Crippen molar-refractivity contribution in [1.29, 1.82) is 0 Å². The molecular weight excluding hydrogens is 556 g/mol. The van der Waals surface area contributed by atoms with Crippen LogP contribution in [0.5, 0.6) is 0 Å². The minimum atomic E-state index is -0.879. The van der Waals surface area contributed by atoms with E-state index in [1.807, 2.05) is 24.3 Å². The van der Waals surface area contributed by atoms with Gasteiger partial charge in [0.25, 0.3) is 0 Å². The van der Waals surface area contributed by atoms with Crippen LogP contribution in [0.15, 0.2) is 107 Å². The smallest absolute Gasteiger partial charge is 0.335 e. The van der Waals surface area contributed by atoms with E-state index in [2.05, 4.69) is 50.8 Å². The molecule has 2 aromatic heterocycles. The average molecular weight is 591 g/mol. The summed E-state index contributed by atoms with van der Waals surface area (Å²) in [5.74, 6) is -0.591. The second kappa shape index (κ2) is 15.5. The number of nitrogens with zero attached hydrogens (tertiary/aromatic N) is 2. The van der Waals surface area contributed by atoms with Gasteiger partial charge in [0.05, 0.1) is 11.1 Å². The summed E-state index contributed by atoms with van der Waals surface area (Å²) in [5.41, 5.74) is 9.04. The van der Waals surface area contributed by atoms with Crippen molar-refractivity contribution in [2.75, 3.05) is 0 Å². The van der Waals surface area contributed by atoms with Gasteiger partial charge in [-0.1, -0.05) is 49.6 Å². The molecule has 6 aromatic rings. The predicted octanol–water partition coefficient (Wildman–Crippen LogP) is 8.94. The molecule has 0 saturated carbocycles. The SMILES string of the molecule is C=Cc1nc2cc(C)c(C)cc2o1.C=Cc1nc2cc(C)c(C)cc2o1.O=C(O)c1ccccc1.O=C(O)c1ccccc1.